The summed E-state index contributed by atoms with van der Waals surface area (Å²) in [7, 11) is 0. The Hall–Kier alpha value is -5.11. The monoisotopic (exact) mass is 538 g/mol. The molecule has 6 nitrogen and oxygen atoms in total. The van der Waals surface area contributed by atoms with Gasteiger partial charge >= 0.3 is 5.97 Å². The van der Waals surface area contributed by atoms with Gasteiger partial charge in [0, 0.05) is 47.0 Å². The molecule has 4 aromatic rings. The van der Waals surface area contributed by atoms with E-state index in [9.17, 15) is 28.3 Å². The first-order valence-electron chi connectivity index (χ1n) is 12.5. The lowest BCUT2D eigenvalue weighted by molar-refractivity contribution is -0.131. The minimum atomic E-state index is -3.44. The number of benzene rings is 4. The lowest BCUT2D eigenvalue weighted by atomic mass is 9.97. The fourth-order valence-corrected chi connectivity index (χ4v) is 4.76. The summed E-state index contributed by atoms with van der Waals surface area (Å²) >= 11 is 0. The van der Waals surface area contributed by atoms with Gasteiger partial charge < -0.3 is 15.3 Å². The second-order valence-corrected chi connectivity index (χ2v) is 9.27. The van der Waals surface area contributed by atoms with Crippen LogP contribution >= 0.6 is 0 Å². The molecule has 40 heavy (non-hydrogen) atoms. The van der Waals surface area contributed by atoms with Crippen molar-refractivity contribution in [3.8, 4) is 11.1 Å². The number of amides is 2. The Morgan fingerprint density at radius 2 is 1.43 bits per heavy atom. The van der Waals surface area contributed by atoms with Gasteiger partial charge in [-0.3, -0.25) is 9.59 Å². The van der Waals surface area contributed by atoms with E-state index < -0.39 is 29.8 Å². The summed E-state index contributed by atoms with van der Waals surface area (Å²) in [5.41, 5.74) is 2.40. The molecule has 2 N–H and O–H groups in total. The van der Waals surface area contributed by atoms with Crippen molar-refractivity contribution in [3.63, 3.8) is 0 Å². The normalized spacial score (nSPS) is 15.2. The molecule has 0 fully saturated rings. The number of hydrogen-bond donors (Lipinski definition) is 2. The summed E-state index contributed by atoms with van der Waals surface area (Å²) in [5, 5.41) is 12.0. The molecular weight excluding hydrogens is 514 g/mol. The third-order valence-corrected chi connectivity index (χ3v) is 6.69. The van der Waals surface area contributed by atoms with Crippen molar-refractivity contribution in [1.29, 1.82) is 0 Å². The lowest BCUT2D eigenvalue weighted by Crippen LogP contribution is -2.33. The molecule has 0 spiro atoms. The average Bonchev–Trinajstić information content (AvgIpc) is 3.07. The van der Waals surface area contributed by atoms with Crippen LogP contribution in [0.15, 0.2) is 109 Å². The Labute approximate surface area is 229 Å². The van der Waals surface area contributed by atoms with E-state index in [4.69, 9.17) is 0 Å². The van der Waals surface area contributed by atoms with Crippen LogP contribution in [0.2, 0.25) is 0 Å². The van der Waals surface area contributed by atoms with Crippen molar-refractivity contribution in [2.24, 2.45) is 0 Å². The number of carbonyl (C=O) groups is 3. The zero-order chi connectivity index (χ0) is 28.3. The molecule has 0 aromatic heterocycles. The number of alkyl halides is 2. The molecule has 5 rings (SSSR count). The van der Waals surface area contributed by atoms with E-state index in [2.05, 4.69) is 5.32 Å². The first-order valence-corrected chi connectivity index (χ1v) is 12.5. The van der Waals surface area contributed by atoms with Crippen molar-refractivity contribution in [2.45, 2.75) is 12.3 Å². The number of carboxylic acid groups (broad SMARTS) is 1. The van der Waals surface area contributed by atoms with Gasteiger partial charge in [-0.25, -0.2) is 13.6 Å². The molecule has 4 aromatic carbocycles. The van der Waals surface area contributed by atoms with Crippen LogP contribution in [0.5, 0.6) is 0 Å². The predicted molar refractivity (Wildman–Crippen MR) is 150 cm³/mol. The van der Waals surface area contributed by atoms with E-state index in [1.54, 1.807) is 30.3 Å². The van der Waals surface area contributed by atoms with Crippen LogP contribution in [0.4, 0.5) is 20.2 Å². The maximum absolute atomic E-state index is 14.9. The van der Waals surface area contributed by atoms with Crippen molar-refractivity contribution in [3.05, 3.63) is 126 Å². The maximum atomic E-state index is 14.9. The van der Waals surface area contributed by atoms with Crippen LogP contribution in [0, 0.1) is 0 Å². The summed E-state index contributed by atoms with van der Waals surface area (Å²) in [6, 6.07) is 29.0. The van der Waals surface area contributed by atoms with Gasteiger partial charge in [0.15, 0.2) is 0 Å². The SMILES string of the molecule is O=C(O)C=C1c2ccccc2N(C(=O)c2ccc(NC(=O)c3ccccc3-c3ccccc3)cc2)CCC1(F)F. The smallest absolute Gasteiger partial charge is 0.328 e. The Bertz CT molecular complexity index is 1620. The molecule has 1 aliphatic heterocycles. The predicted octanol–water partition coefficient (Wildman–Crippen LogP) is 6.76. The number of para-hydroxylation sites is 1. The quantitative estimate of drug-likeness (QED) is 0.275. The number of allylic oxidation sites excluding steroid dienone is 1. The number of aliphatic carboxylic acids is 1. The molecular formula is C32H24F2N2O4. The highest BCUT2D eigenvalue weighted by Crippen LogP contribution is 2.43. The molecule has 0 atom stereocenters. The number of fused-ring (bicyclic) bond motifs is 1. The number of rotatable bonds is 5. The van der Waals surface area contributed by atoms with Crippen LogP contribution in [0.3, 0.4) is 0 Å². The second-order valence-electron chi connectivity index (χ2n) is 9.27. The number of anilines is 2. The highest BCUT2D eigenvalue weighted by molar-refractivity contribution is 6.10. The van der Waals surface area contributed by atoms with Crippen LogP contribution in [0.1, 0.15) is 32.7 Å². The zero-order valence-electron chi connectivity index (χ0n) is 21.2. The van der Waals surface area contributed by atoms with Gasteiger partial charge in [-0.1, -0.05) is 66.7 Å². The Balaban J connectivity index is 1.39. The second kappa shape index (κ2) is 10.9. The molecule has 0 radical (unpaired) electrons. The van der Waals surface area contributed by atoms with Crippen molar-refractivity contribution >= 4 is 34.7 Å². The van der Waals surface area contributed by atoms with E-state index in [-0.39, 0.29) is 29.3 Å². The number of hydrogen-bond acceptors (Lipinski definition) is 3. The maximum Gasteiger partial charge on any atom is 0.328 e. The molecule has 1 heterocycles. The number of halogens is 2. The molecule has 0 unspecified atom stereocenters. The van der Waals surface area contributed by atoms with Gasteiger partial charge in [0.25, 0.3) is 17.7 Å². The Morgan fingerprint density at radius 3 is 2.12 bits per heavy atom. The minimum absolute atomic E-state index is 0.0123. The standard InChI is InChI=1S/C32H24F2N2O4/c33-32(34)18-19-36(28-13-7-6-12-26(28)27(32)20-29(37)38)31(40)22-14-16-23(17-15-22)35-30(39)25-11-5-4-10-24(25)21-8-2-1-3-9-21/h1-17,20H,18-19H2,(H,35,39)(H,37,38). The van der Waals surface area contributed by atoms with Crippen LogP contribution in [-0.2, 0) is 4.79 Å². The van der Waals surface area contributed by atoms with Crippen LogP contribution in [-0.4, -0.2) is 35.4 Å². The Morgan fingerprint density at radius 1 is 0.800 bits per heavy atom. The van der Waals surface area contributed by atoms with E-state index in [1.807, 2.05) is 42.5 Å². The number of carbonyl (C=O) groups excluding carboxylic acids is 2. The summed E-state index contributed by atoms with van der Waals surface area (Å²) in [5.74, 6) is -5.77. The summed E-state index contributed by atoms with van der Waals surface area (Å²) in [4.78, 5) is 39.1. The van der Waals surface area contributed by atoms with Crippen molar-refractivity contribution in [1.82, 2.24) is 0 Å². The molecule has 0 saturated heterocycles. The van der Waals surface area contributed by atoms with Gasteiger partial charge in [0.1, 0.15) is 0 Å². The summed E-state index contributed by atoms with van der Waals surface area (Å²) in [6.07, 6.45) is -0.234. The van der Waals surface area contributed by atoms with Crippen LogP contribution < -0.4 is 10.2 Å². The fourth-order valence-electron chi connectivity index (χ4n) is 4.76. The number of carboxylic acids is 1. The summed E-state index contributed by atoms with van der Waals surface area (Å²) < 4.78 is 29.9. The first-order chi connectivity index (χ1) is 19.2. The Kier molecular flexibility index (Phi) is 7.25. The van der Waals surface area contributed by atoms with E-state index >= 15 is 0 Å². The first kappa shape index (κ1) is 26.5. The third kappa shape index (κ3) is 5.37. The van der Waals surface area contributed by atoms with Crippen molar-refractivity contribution in [2.75, 3.05) is 16.8 Å². The van der Waals surface area contributed by atoms with E-state index in [1.165, 1.54) is 35.2 Å². The summed E-state index contributed by atoms with van der Waals surface area (Å²) in [6.45, 7) is -0.311. The molecule has 0 aliphatic carbocycles. The van der Waals surface area contributed by atoms with Gasteiger partial charge in [-0.05, 0) is 47.5 Å². The molecule has 0 saturated carbocycles. The topological polar surface area (TPSA) is 86.7 Å². The molecule has 200 valence electrons. The van der Waals surface area contributed by atoms with Gasteiger partial charge in [0.2, 0.25) is 0 Å². The third-order valence-electron chi connectivity index (χ3n) is 6.69. The van der Waals surface area contributed by atoms with E-state index in [0.29, 0.717) is 17.3 Å². The highest BCUT2D eigenvalue weighted by atomic mass is 19.3. The molecule has 1 aliphatic rings. The van der Waals surface area contributed by atoms with Gasteiger partial charge in [-0.2, -0.15) is 0 Å². The lowest BCUT2D eigenvalue weighted by Gasteiger charge is -2.23. The number of nitrogens with one attached hydrogen (secondary N) is 1. The highest BCUT2D eigenvalue weighted by Gasteiger charge is 2.41. The van der Waals surface area contributed by atoms with Crippen molar-refractivity contribution < 1.29 is 28.3 Å². The fraction of sp³-hybridized carbons (Fsp3) is 0.0938. The largest absolute Gasteiger partial charge is 0.478 e. The molecule has 0 bridgehead atoms. The van der Waals surface area contributed by atoms with Gasteiger partial charge in [-0.15, -0.1) is 0 Å². The number of nitrogens with zero attached hydrogens (tertiary/aromatic N) is 1. The molecule has 2 amide bonds. The molecule has 8 heteroatoms. The van der Waals surface area contributed by atoms with Crippen LogP contribution in [0.25, 0.3) is 16.7 Å². The minimum Gasteiger partial charge on any atom is -0.478 e. The average molecular weight is 539 g/mol. The zero-order valence-corrected chi connectivity index (χ0v) is 21.2. The van der Waals surface area contributed by atoms with Gasteiger partial charge in [0.05, 0.1) is 5.69 Å². The van der Waals surface area contributed by atoms with E-state index in [0.717, 1.165) is 11.1 Å².